The molecule has 304 valence electrons. The van der Waals surface area contributed by atoms with E-state index in [0.29, 0.717) is 41.6 Å². The monoisotopic (exact) mass is 908 g/mol. The lowest BCUT2D eigenvalue weighted by atomic mass is 9.45. The summed E-state index contributed by atoms with van der Waals surface area (Å²) in [5.74, 6) is 1.79. The molecule has 3 heterocycles. The van der Waals surface area contributed by atoms with E-state index in [-0.39, 0.29) is 53.0 Å². The number of ketones is 1. The highest BCUT2D eigenvalue weighted by atomic mass is 127. The first-order valence-corrected chi connectivity index (χ1v) is 22.4. The van der Waals surface area contributed by atoms with Crippen molar-refractivity contribution in [1.29, 1.82) is 0 Å². The van der Waals surface area contributed by atoms with Gasteiger partial charge in [0.05, 0.1) is 29.6 Å². The van der Waals surface area contributed by atoms with Crippen LogP contribution in [0.25, 0.3) is 0 Å². The molecule has 56 heavy (non-hydrogen) atoms. The molecule has 4 saturated carbocycles. The molecule has 8 rings (SSSR count). The first-order chi connectivity index (χ1) is 26.7. The molecule has 1 saturated heterocycles. The quantitative estimate of drug-likeness (QED) is 0.161. The van der Waals surface area contributed by atoms with Crippen molar-refractivity contribution in [3.8, 4) is 5.75 Å². The number of carbonyl (C=O) groups excluding carboxylic acids is 3. The third kappa shape index (κ3) is 7.48. The molecule has 6 aliphatic rings. The van der Waals surface area contributed by atoms with Gasteiger partial charge in [-0.15, -0.1) is 0 Å². The molecule has 2 aliphatic heterocycles. The minimum atomic E-state index is -4.08. The fourth-order valence-corrected chi connectivity index (χ4v) is 12.8. The molecule has 0 spiro atoms. The van der Waals surface area contributed by atoms with E-state index < -0.39 is 49.4 Å². The van der Waals surface area contributed by atoms with Gasteiger partial charge in [0, 0.05) is 36.4 Å². The van der Waals surface area contributed by atoms with Crippen LogP contribution < -0.4 is 15.8 Å². The summed E-state index contributed by atoms with van der Waals surface area (Å²) < 4.78 is 49.8. The van der Waals surface area contributed by atoms with Crippen molar-refractivity contribution in [3.05, 3.63) is 59.9 Å². The molecule has 4 aliphatic carbocycles. The zero-order chi connectivity index (χ0) is 39.6. The predicted octanol–water partition coefficient (Wildman–Crippen LogP) is 6.69. The summed E-state index contributed by atoms with van der Waals surface area (Å²) in [6, 6.07) is 5.33. The molecule has 0 radical (unpaired) electrons. The van der Waals surface area contributed by atoms with Gasteiger partial charge in [-0.25, -0.2) is 9.36 Å². The fourth-order valence-electron chi connectivity index (χ4n) is 11.1. The first-order valence-electron chi connectivity index (χ1n) is 19.9. The van der Waals surface area contributed by atoms with Gasteiger partial charge in [-0.05, 0) is 115 Å². The highest BCUT2D eigenvalue weighted by Crippen LogP contribution is 2.66. The molecule has 11 atom stereocenters. The van der Waals surface area contributed by atoms with Crippen molar-refractivity contribution in [3.63, 3.8) is 0 Å². The van der Waals surface area contributed by atoms with Crippen LogP contribution >= 0.6 is 30.4 Å². The van der Waals surface area contributed by atoms with Crippen LogP contribution in [0.5, 0.6) is 5.75 Å². The van der Waals surface area contributed by atoms with Crippen molar-refractivity contribution >= 4 is 48.1 Å². The molecule has 1 aromatic carbocycles. The van der Waals surface area contributed by atoms with Crippen molar-refractivity contribution in [2.45, 2.75) is 129 Å². The van der Waals surface area contributed by atoms with Crippen LogP contribution in [0.2, 0.25) is 0 Å². The number of esters is 2. The van der Waals surface area contributed by atoms with Crippen molar-refractivity contribution in [1.82, 2.24) is 9.55 Å². The minimum Gasteiger partial charge on any atom is -0.462 e. The number of carbonyl (C=O) groups is 3. The van der Waals surface area contributed by atoms with Gasteiger partial charge < -0.3 is 18.7 Å². The molecular formula is C40H50IN2O12P. The number of hydrogen-bond acceptors (Lipinski definition) is 12. The molecule has 16 heteroatoms. The molecule has 2 aromatic rings. The minimum absolute atomic E-state index is 0.0119. The van der Waals surface area contributed by atoms with Gasteiger partial charge in [0.15, 0.2) is 0 Å². The number of phosphoric acid groups is 1. The molecule has 14 nitrogen and oxygen atoms in total. The Labute approximate surface area is 338 Å². The molecular weight excluding hydrogens is 858 g/mol. The number of Topliss-reactive ketones (excluding diaryl/α,β-unsaturated/α-hetero) is 1. The van der Waals surface area contributed by atoms with E-state index in [1.807, 2.05) is 13.0 Å². The van der Waals surface area contributed by atoms with Gasteiger partial charge in [0.2, 0.25) is 0 Å². The Morgan fingerprint density at radius 2 is 1.77 bits per heavy atom. The average Bonchev–Trinajstić information content (AvgIpc) is 3.71. The average molecular weight is 909 g/mol. The van der Waals surface area contributed by atoms with E-state index in [9.17, 15) is 28.5 Å². The number of nitrogens with one attached hydrogen (secondary N) is 1. The Balaban J connectivity index is 0.885. The Kier molecular flexibility index (Phi) is 11.0. The number of H-pyrrole nitrogens is 1. The first kappa shape index (κ1) is 40.0. The van der Waals surface area contributed by atoms with Gasteiger partial charge >= 0.3 is 25.5 Å². The summed E-state index contributed by atoms with van der Waals surface area (Å²) >= 11 is 1.80. The third-order valence-electron chi connectivity index (χ3n) is 14.2. The van der Waals surface area contributed by atoms with Crippen LogP contribution in [-0.4, -0.2) is 52.2 Å². The van der Waals surface area contributed by atoms with E-state index in [2.05, 4.69) is 18.8 Å². The molecule has 1 aromatic heterocycles. The second-order valence-electron chi connectivity index (χ2n) is 17.2. The third-order valence-corrected chi connectivity index (χ3v) is 16.3. The van der Waals surface area contributed by atoms with Crippen LogP contribution in [0.3, 0.4) is 0 Å². The van der Waals surface area contributed by atoms with E-state index in [1.54, 1.807) is 34.7 Å². The number of rotatable bonds is 9. The van der Waals surface area contributed by atoms with Crippen LogP contribution in [0.4, 0.5) is 0 Å². The zero-order valence-corrected chi connectivity index (χ0v) is 35.1. The van der Waals surface area contributed by atoms with Crippen LogP contribution in [0, 0.1) is 45.0 Å². The maximum Gasteiger partial charge on any atom is 0.530 e. The summed E-state index contributed by atoms with van der Waals surface area (Å²) in [6.45, 7) is 6.23. The molecule has 0 bridgehead atoms. The van der Waals surface area contributed by atoms with E-state index in [0.717, 1.165) is 62.5 Å². The smallest absolute Gasteiger partial charge is 0.462 e. The van der Waals surface area contributed by atoms with E-state index in [1.165, 1.54) is 10.8 Å². The summed E-state index contributed by atoms with van der Waals surface area (Å²) in [7, 11) is -4.08. The lowest BCUT2D eigenvalue weighted by molar-refractivity contribution is -0.167. The number of phosphoric ester groups is 1. The predicted molar refractivity (Wildman–Crippen MR) is 208 cm³/mol. The number of fused-ring (bicyclic) bond motifs is 6. The maximum absolute atomic E-state index is 13.5. The molecule has 5 fully saturated rings. The Morgan fingerprint density at radius 1 is 1.00 bits per heavy atom. The molecule has 3 unspecified atom stereocenters. The topological polar surface area (TPSA) is 179 Å². The molecule has 1 N–H and O–H groups in total. The number of halogens is 1. The highest BCUT2D eigenvalue weighted by molar-refractivity contribution is 14.1. The number of benzene rings is 1. The van der Waals surface area contributed by atoms with Gasteiger partial charge in [-0.1, -0.05) is 26.0 Å². The fraction of sp³-hybridized carbons (Fsp3) is 0.675. The SMILES string of the molecule is Cc1cccc2c1COP(=O)(OC[C@H]1O[C@@H](n3cc(I)c(=O)[nH]c3=O)CC1OC(=O)CCC(=O)O[C@H]1CC[C@H]3[C@@H]4CC[C@H]5CC(=O)CC[C@]5(C)C4CC[C@]13C)O2. The normalized spacial score (nSPS) is 37.4. The second kappa shape index (κ2) is 15.4. The lowest BCUT2D eigenvalue weighted by Gasteiger charge is -2.60. The summed E-state index contributed by atoms with van der Waals surface area (Å²) in [6.07, 6.45) is 6.33. The lowest BCUT2D eigenvalue weighted by Crippen LogP contribution is -2.54. The number of aryl methyl sites for hydroxylation is 1. The summed E-state index contributed by atoms with van der Waals surface area (Å²) in [5, 5.41) is 0. The van der Waals surface area contributed by atoms with Crippen molar-refractivity contribution in [2.75, 3.05) is 6.61 Å². The summed E-state index contributed by atoms with van der Waals surface area (Å²) in [4.78, 5) is 65.9. The number of hydrogen-bond donors (Lipinski definition) is 1. The van der Waals surface area contributed by atoms with Crippen LogP contribution in [-0.2, 0) is 48.8 Å². The van der Waals surface area contributed by atoms with E-state index >= 15 is 0 Å². The molecule has 0 amide bonds. The Bertz CT molecular complexity index is 2070. The van der Waals surface area contributed by atoms with Crippen LogP contribution in [0.15, 0.2) is 34.0 Å². The number of aromatic amines is 1. The van der Waals surface area contributed by atoms with Gasteiger partial charge in [-0.3, -0.25) is 37.8 Å². The Hall–Kier alpha value is -2.85. The van der Waals surface area contributed by atoms with E-state index in [4.69, 9.17) is 27.8 Å². The summed E-state index contributed by atoms with van der Waals surface area (Å²) in [5.41, 5.74) is 0.486. The number of nitrogens with zero attached hydrogens (tertiary/aromatic N) is 1. The highest BCUT2D eigenvalue weighted by Gasteiger charge is 2.61. The largest absolute Gasteiger partial charge is 0.530 e. The Morgan fingerprint density at radius 3 is 2.57 bits per heavy atom. The maximum atomic E-state index is 13.5. The standard InChI is InChI=1S/C40H50IN2O12P/c1-22-5-4-6-30-26(22)20-50-56(49,55-30)51-21-32-31(18-34(52-32)43-19-29(41)37(47)42-38(43)48)53-35(45)11-12-36(46)54-33-10-9-27-25-8-7-23-17-24(44)13-15-39(23,2)28(25)14-16-40(27,33)3/h4-6,19,23,25,27-28,31-34H,7-18,20-21H2,1-3H3,(H,42,47,48)/t23-,25-,27-,28?,31?,32+,33-,34+,39-,40-,56?/m0/s1. The second-order valence-corrected chi connectivity index (χ2v) is 20.0. The van der Waals surface area contributed by atoms with Gasteiger partial charge in [0.25, 0.3) is 5.56 Å². The number of ether oxygens (including phenoxy) is 3. The van der Waals surface area contributed by atoms with Gasteiger partial charge in [0.1, 0.15) is 36.1 Å². The number of aromatic nitrogens is 2. The van der Waals surface area contributed by atoms with Crippen LogP contribution in [0.1, 0.15) is 108 Å². The van der Waals surface area contributed by atoms with Gasteiger partial charge in [-0.2, -0.15) is 0 Å². The van der Waals surface area contributed by atoms with Crippen molar-refractivity contribution < 1.29 is 46.7 Å². The van der Waals surface area contributed by atoms with Crippen molar-refractivity contribution in [2.24, 2.45) is 34.5 Å². The zero-order valence-electron chi connectivity index (χ0n) is 32.0.